The van der Waals surface area contributed by atoms with Gasteiger partial charge in [0.15, 0.2) is 0 Å². The lowest BCUT2D eigenvalue weighted by Crippen LogP contribution is -2.17. The van der Waals surface area contributed by atoms with Crippen molar-refractivity contribution < 1.29 is 0 Å². The quantitative estimate of drug-likeness (QED) is 0.592. The van der Waals surface area contributed by atoms with Gasteiger partial charge in [0.25, 0.3) is 0 Å². The summed E-state index contributed by atoms with van der Waals surface area (Å²) in [6.45, 7) is 2.17. The molecule has 0 radical (unpaired) electrons. The second kappa shape index (κ2) is 6.38. The normalized spacial score (nSPS) is 12.8. The molecule has 0 aliphatic rings. The van der Waals surface area contributed by atoms with Crippen LogP contribution in [0.3, 0.4) is 0 Å². The number of benzene rings is 1. The van der Waals surface area contributed by atoms with Crippen LogP contribution in [0.4, 0.5) is 0 Å². The number of thiol groups is 1. The first kappa shape index (κ1) is 12.0. The van der Waals surface area contributed by atoms with Crippen molar-refractivity contribution in [3.8, 4) is 0 Å². The minimum Gasteiger partial charge on any atom is -0.312 e. The molecule has 0 saturated heterocycles. The van der Waals surface area contributed by atoms with Crippen molar-refractivity contribution in [2.24, 2.45) is 0 Å². The van der Waals surface area contributed by atoms with Gasteiger partial charge in [0.2, 0.25) is 0 Å². The third kappa shape index (κ3) is 3.23. The van der Waals surface area contributed by atoms with E-state index in [0.717, 1.165) is 11.5 Å². The van der Waals surface area contributed by atoms with Crippen LogP contribution in [0, 0.1) is 0 Å². The van der Waals surface area contributed by atoms with E-state index in [9.17, 15) is 0 Å². The molecule has 1 N–H and O–H groups in total. The van der Waals surface area contributed by atoms with E-state index in [1.54, 1.807) is 0 Å². The van der Waals surface area contributed by atoms with Crippen molar-refractivity contribution in [3.63, 3.8) is 0 Å². The molecule has 0 saturated carbocycles. The first-order valence-electron chi connectivity index (χ1n) is 4.82. The van der Waals surface area contributed by atoms with Gasteiger partial charge in [0.05, 0.1) is 0 Å². The smallest absolute Gasteiger partial charge is 0.0406 e. The van der Waals surface area contributed by atoms with Gasteiger partial charge >= 0.3 is 0 Å². The van der Waals surface area contributed by atoms with Gasteiger partial charge < -0.3 is 5.32 Å². The molecule has 1 atom stereocenters. The highest BCUT2D eigenvalue weighted by Gasteiger charge is 2.05. The summed E-state index contributed by atoms with van der Waals surface area (Å²) < 4.78 is 0. The van der Waals surface area contributed by atoms with Crippen molar-refractivity contribution in [3.05, 3.63) is 29.8 Å². The van der Waals surface area contributed by atoms with Crippen LogP contribution in [0.1, 0.15) is 18.5 Å². The molecular weight excluding hydrogens is 210 g/mol. The third-order valence-electron chi connectivity index (χ3n) is 2.12. The maximum Gasteiger partial charge on any atom is 0.0406 e. The molecule has 0 spiro atoms. The van der Waals surface area contributed by atoms with Gasteiger partial charge in [-0.3, -0.25) is 0 Å². The van der Waals surface area contributed by atoms with Crippen LogP contribution in [-0.2, 0) is 0 Å². The molecule has 1 rings (SSSR count). The van der Waals surface area contributed by atoms with E-state index >= 15 is 0 Å². The van der Waals surface area contributed by atoms with Gasteiger partial charge in [-0.25, -0.2) is 0 Å². The van der Waals surface area contributed by atoms with Crippen LogP contribution in [0.15, 0.2) is 29.2 Å². The van der Waals surface area contributed by atoms with Crippen LogP contribution in [0.2, 0.25) is 0 Å². The zero-order valence-corrected chi connectivity index (χ0v) is 10.4. The summed E-state index contributed by atoms with van der Waals surface area (Å²) in [7, 11) is 1.97. The van der Waals surface area contributed by atoms with Gasteiger partial charge in [-0.15, -0.1) is 11.8 Å². The monoisotopic (exact) mass is 227 g/mol. The summed E-state index contributed by atoms with van der Waals surface area (Å²) in [5.74, 6) is 1.96. The highest BCUT2D eigenvalue weighted by molar-refractivity contribution is 7.99. The van der Waals surface area contributed by atoms with Gasteiger partial charge in [0.1, 0.15) is 0 Å². The van der Waals surface area contributed by atoms with Crippen LogP contribution in [0.25, 0.3) is 0 Å². The zero-order chi connectivity index (χ0) is 10.4. The molecule has 0 aliphatic carbocycles. The molecule has 0 aromatic heterocycles. The fourth-order valence-electron chi connectivity index (χ4n) is 1.33. The predicted octanol–water partition coefficient (Wildman–Crippen LogP) is 2.99. The van der Waals surface area contributed by atoms with Crippen LogP contribution in [-0.4, -0.2) is 18.6 Å². The molecular formula is C11H17NS2. The molecule has 1 nitrogen and oxygen atoms in total. The largest absolute Gasteiger partial charge is 0.312 e. The minimum atomic E-state index is 0.360. The van der Waals surface area contributed by atoms with Gasteiger partial charge in [-0.2, -0.15) is 12.6 Å². The van der Waals surface area contributed by atoms with Crippen molar-refractivity contribution in [1.29, 1.82) is 0 Å². The average Bonchev–Trinajstić information content (AvgIpc) is 2.23. The Morgan fingerprint density at radius 1 is 1.36 bits per heavy atom. The topological polar surface area (TPSA) is 12.0 Å². The Bertz CT molecular complexity index is 254. The van der Waals surface area contributed by atoms with Crippen LogP contribution >= 0.6 is 24.4 Å². The summed E-state index contributed by atoms with van der Waals surface area (Å²) in [6, 6.07) is 9.07. The fourth-order valence-corrected chi connectivity index (χ4v) is 2.38. The second-order valence-corrected chi connectivity index (χ2v) is 4.73. The lowest BCUT2D eigenvalue weighted by Gasteiger charge is -2.13. The Hall–Kier alpha value is -0.120. The molecule has 3 heteroatoms. The van der Waals surface area contributed by atoms with Crippen molar-refractivity contribution >= 4 is 24.4 Å². The summed E-state index contributed by atoms with van der Waals surface area (Å²) >= 11 is 6.18. The Labute approximate surface area is 96.1 Å². The molecule has 14 heavy (non-hydrogen) atoms. The van der Waals surface area contributed by atoms with Crippen molar-refractivity contribution in [2.75, 3.05) is 18.6 Å². The Kier molecular flexibility index (Phi) is 5.45. The molecule has 0 aliphatic heterocycles. The van der Waals surface area contributed by atoms with E-state index in [4.69, 9.17) is 0 Å². The van der Waals surface area contributed by atoms with E-state index < -0.39 is 0 Å². The summed E-state index contributed by atoms with van der Waals surface area (Å²) in [5.41, 5.74) is 1.31. The van der Waals surface area contributed by atoms with Gasteiger partial charge in [-0.1, -0.05) is 19.1 Å². The molecule has 78 valence electrons. The Balaban J connectivity index is 2.71. The maximum absolute atomic E-state index is 4.31. The summed E-state index contributed by atoms with van der Waals surface area (Å²) in [6.07, 6.45) is 0. The molecule has 0 bridgehead atoms. The second-order valence-electron chi connectivity index (χ2n) is 3.03. The molecule has 0 heterocycles. The first-order chi connectivity index (χ1) is 6.81. The molecule has 1 aromatic rings. The fraction of sp³-hybridized carbons (Fsp3) is 0.455. The minimum absolute atomic E-state index is 0.360. The van der Waals surface area contributed by atoms with Crippen LogP contribution < -0.4 is 5.32 Å². The maximum atomic E-state index is 4.31. The Morgan fingerprint density at radius 2 is 2.00 bits per heavy atom. The summed E-state index contributed by atoms with van der Waals surface area (Å²) in [4.78, 5) is 1.34. The number of rotatable bonds is 5. The van der Waals surface area contributed by atoms with E-state index in [2.05, 4.69) is 49.1 Å². The van der Waals surface area contributed by atoms with Crippen molar-refractivity contribution in [1.82, 2.24) is 5.32 Å². The Morgan fingerprint density at radius 3 is 2.43 bits per heavy atom. The third-order valence-corrected chi connectivity index (χ3v) is 3.38. The molecule has 1 unspecified atom stereocenters. The van der Waals surface area contributed by atoms with E-state index in [-0.39, 0.29) is 0 Å². The average molecular weight is 227 g/mol. The first-order valence-corrected chi connectivity index (χ1v) is 6.44. The SMILES string of the molecule is CCSc1ccc(C(CS)NC)cc1. The van der Waals surface area contributed by atoms with Gasteiger partial charge in [-0.05, 0) is 30.5 Å². The van der Waals surface area contributed by atoms with E-state index in [1.807, 2.05) is 18.8 Å². The standard InChI is InChI=1S/C11H17NS2/c1-3-14-10-6-4-9(5-7-10)11(8-13)12-2/h4-7,11-13H,3,8H2,1-2H3. The van der Waals surface area contributed by atoms with E-state index in [1.165, 1.54) is 10.5 Å². The van der Waals surface area contributed by atoms with E-state index in [0.29, 0.717) is 6.04 Å². The summed E-state index contributed by atoms with van der Waals surface area (Å²) in [5, 5.41) is 3.24. The number of thioether (sulfide) groups is 1. The molecule has 0 fully saturated rings. The number of hydrogen-bond donors (Lipinski definition) is 2. The number of nitrogens with one attached hydrogen (secondary N) is 1. The molecule has 1 aromatic carbocycles. The lowest BCUT2D eigenvalue weighted by molar-refractivity contribution is 0.663. The van der Waals surface area contributed by atoms with Crippen LogP contribution in [0.5, 0.6) is 0 Å². The highest BCUT2D eigenvalue weighted by Crippen LogP contribution is 2.21. The molecule has 0 amide bonds. The zero-order valence-electron chi connectivity index (χ0n) is 8.66. The highest BCUT2D eigenvalue weighted by atomic mass is 32.2. The predicted molar refractivity (Wildman–Crippen MR) is 68.5 cm³/mol. The lowest BCUT2D eigenvalue weighted by atomic mass is 10.1. The number of hydrogen-bond acceptors (Lipinski definition) is 3. The van der Waals surface area contributed by atoms with Gasteiger partial charge in [0, 0.05) is 16.7 Å². The van der Waals surface area contributed by atoms with Crippen molar-refractivity contribution in [2.45, 2.75) is 17.9 Å².